The molecular formula is C9H8F3N3O3. The summed E-state index contributed by atoms with van der Waals surface area (Å²) in [4.78, 5) is 26.0. The Labute approximate surface area is 98.6 Å². The maximum Gasteiger partial charge on any atom is 0.471 e. The molecule has 2 rings (SSSR count). The lowest BCUT2D eigenvalue weighted by Crippen LogP contribution is -2.45. The van der Waals surface area contributed by atoms with E-state index in [1.807, 2.05) is 0 Å². The molecule has 6 nitrogen and oxygen atoms in total. The van der Waals surface area contributed by atoms with Gasteiger partial charge in [-0.1, -0.05) is 0 Å². The van der Waals surface area contributed by atoms with E-state index >= 15 is 0 Å². The number of alkyl halides is 3. The van der Waals surface area contributed by atoms with Crippen molar-refractivity contribution < 1.29 is 27.9 Å². The van der Waals surface area contributed by atoms with E-state index in [0.29, 0.717) is 4.90 Å². The average molecular weight is 263 g/mol. The smallest absolute Gasteiger partial charge is 0.471 e. The molecule has 0 atom stereocenters. The minimum atomic E-state index is -5.00. The topological polar surface area (TPSA) is 75.4 Å². The predicted molar refractivity (Wildman–Crippen MR) is 52.2 cm³/mol. The molecular weight excluding hydrogens is 255 g/mol. The molecule has 1 aliphatic rings. The van der Waals surface area contributed by atoms with Crippen molar-refractivity contribution in [1.82, 2.24) is 9.55 Å². The Morgan fingerprint density at radius 1 is 1.33 bits per heavy atom. The Morgan fingerprint density at radius 2 is 2.00 bits per heavy atom. The van der Waals surface area contributed by atoms with Crippen LogP contribution in [0, 0.1) is 0 Å². The second kappa shape index (κ2) is 4.00. The maximum atomic E-state index is 12.3. The van der Waals surface area contributed by atoms with Gasteiger partial charge >= 0.3 is 18.1 Å². The van der Waals surface area contributed by atoms with Gasteiger partial charge in [0.1, 0.15) is 5.69 Å². The van der Waals surface area contributed by atoms with E-state index in [9.17, 15) is 22.8 Å². The summed E-state index contributed by atoms with van der Waals surface area (Å²) in [5, 5.41) is 8.83. The van der Waals surface area contributed by atoms with Gasteiger partial charge in [0.15, 0.2) is 0 Å². The molecule has 2 heterocycles. The van der Waals surface area contributed by atoms with Crippen molar-refractivity contribution in [3.05, 3.63) is 11.9 Å². The highest BCUT2D eigenvalue weighted by molar-refractivity contribution is 5.97. The Balaban J connectivity index is 2.41. The summed E-state index contributed by atoms with van der Waals surface area (Å²) in [5.41, 5.74) is -0.232. The number of nitrogens with zero attached hydrogens (tertiary/aromatic N) is 3. The van der Waals surface area contributed by atoms with Crippen LogP contribution in [0.5, 0.6) is 0 Å². The van der Waals surface area contributed by atoms with E-state index in [0.717, 1.165) is 10.8 Å². The summed E-state index contributed by atoms with van der Waals surface area (Å²) in [5.74, 6) is -3.61. The zero-order chi connectivity index (χ0) is 13.5. The molecule has 9 heteroatoms. The Morgan fingerprint density at radius 3 is 2.56 bits per heavy atom. The summed E-state index contributed by atoms with van der Waals surface area (Å²) >= 11 is 0. The number of hydrogen-bond acceptors (Lipinski definition) is 3. The molecule has 0 saturated carbocycles. The van der Waals surface area contributed by atoms with Crippen LogP contribution in [-0.4, -0.2) is 39.3 Å². The summed E-state index contributed by atoms with van der Waals surface area (Å²) in [6, 6.07) is 0. The molecule has 1 aromatic rings. The second-order valence-corrected chi connectivity index (χ2v) is 3.71. The van der Waals surface area contributed by atoms with Crippen molar-refractivity contribution in [3.63, 3.8) is 0 Å². The van der Waals surface area contributed by atoms with Gasteiger partial charge in [-0.3, -0.25) is 9.69 Å². The molecule has 0 saturated heterocycles. The Kier molecular flexibility index (Phi) is 2.76. The molecule has 98 valence electrons. The molecule has 18 heavy (non-hydrogen) atoms. The van der Waals surface area contributed by atoms with E-state index in [1.165, 1.54) is 0 Å². The quantitative estimate of drug-likeness (QED) is 0.816. The number of amides is 1. The van der Waals surface area contributed by atoms with Crippen molar-refractivity contribution in [2.45, 2.75) is 19.1 Å². The number of aromatic carboxylic acids is 1. The number of halogens is 3. The van der Waals surface area contributed by atoms with Gasteiger partial charge in [0.05, 0.1) is 6.20 Å². The standard InChI is InChI=1S/C9H8F3N3O3/c10-9(11,12)7(18)15-3-1-2-14-5(6(16)17)4-13-8(14)15/h4H,1-3H2,(H,16,17). The van der Waals surface area contributed by atoms with Crippen LogP contribution in [0.1, 0.15) is 16.9 Å². The first kappa shape index (κ1) is 12.4. The van der Waals surface area contributed by atoms with Crippen molar-refractivity contribution in [1.29, 1.82) is 0 Å². The SMILES string of the molecule is O=C(O)c1cnc2n1CCCN2C(=O)C(F)(F)F. The third-order valence-electron chi connectivity index (χ3n) is 2.55. The van der Waals surface area contributed by atoms with E-state index < -0.39 is 18.1 Å². The third-order valence-corrected chi connectivity index (χ3v) is 2.55. The maximum absolute atomic E-state index is 12.3. The number of carbonyl (C=O) groups excluding carboxylic acids is 1. The minimum Gasteiger partial charge on any atom is -0.477 e. The Bertz CT molecular complexity index is 509. The van der Waals surface area contributed by atoms with Crippen molar-refractivity contribution in [2.24, 2.45) is 0 Å². The normalized spacial score (nSPS) is 15.4. The van der Waals surface area contributed by atoms with E-state index in [2.05, 4.69) is 4.98 Å². The van der Waals surface area contributed by atoms with Crippen LogP contribution >= 0.6 is 0 Å². The van der Waals surface area contributed by atoms with Gasteiger partial charge in [0, 0.05) is 13.1 Å². The van der Waals surface area contributed by atoms with Crippen molar-refractivity contribution in [3.8, 4) is 0 Å². The number of fused-ring (bicyclic) bond motifs is 1. The highest BCUT2D eigenvalue weighted by Gasteiger charge is 2.45. The van der Waals surface area contributed by atoms with Crippen LogP contribution < -0.4 is 4.90 Å². The third kappa shape index (κ3) is 1.91. The average Bonchev–Trinajstić information content (AvgIpc) is 2.70. The highest BCUT2D eigenvalue weighted by atomic mass is 19.4. The lowest BCUT2D eigenvalue weighted by molar-refractivity contribution is -0.170. The zero-order valence-electron chi connectivity index (χ0n) is 8.94. The van der Waals surface area contributed by atoms with Crippen LogP contribution in [0.2, 0.25) is 0 Å². The number of carboxylic acid groups (broad SMARTS) is 1. The highest BCUT2D eigenvalue weighted by Crippen LogP contribution is 2.27. The number of imidazole rings is 1. The van der Waals surface area contributed by atoms with Gasteiger partial charge in [-0.2, -0.15) is 13.2 Å². The van der Waals surface area contributed by atoms with Crippen molar-refractivity contribution >= 4 is 17.8 Å². The summed E-state index contributed by atoms with van der Waals surface area (Å²) in [6.45, 7) is 0.0903. The molecule has 0 bridgehead atoms. The number of hydrogen-bond donors (Lipinski definition) is 1. The number of rotatable bonds is 1. The summed E-state index contributed by atoms with van der Waals surface area (Å²) < 4.78 is 38.1. The first-order valence-corrected chi connectivity index (χ1v) is 5.00. The van der Waals surface area contributed by atoms with Crippen LogP contribution in [0.3, 0.4) is 0 Å². The van der Waals surface area contributed by atoms with Crippen LogP contribution in [0.15, 0.2) is 6.20 Å². The molecule has 0 radical (unpaired) electrons. The summed E-state index contributed by atoms with van der Waals surface area (Å²) in [7, 11) is 0. The fraction of sp³-hybridized carbons (Fsp3) is 0.444. The molecule has 0 aromatic carbocycles. The lowest BCUT2D eigenvalue weighted by atomic mass is 10.3. The van der Waals surface area contributed by atoms with Crippen LogP contribution in [0.25, 0.3) is 0 Å². The molecule has 0 fully saturated rings. The van der Waals surface area contributed by atoms with Gasteiger partial charge < -0.3 is 9.67 Å². The van der Waals surface area contributed by atoms with Gasteiger partial charge in [0.25, 0.3) is 0 Å². The second-order valence-electron chi connectivity index (χ2n) is 3.71. The number of anilines is 1. The molecule has 0 spiro atoms. The minimum absolute atomic E-state index is 0.131. The van der Waals surface area contributed by atoms with E-state index in [-0.39, 0.29) is 31.2 Å². The lowest BCUT2D eigenvalue weighted by Gasteiger charge is -2.28. The number of carboxylic acids is 1. The summed E-state index contributed by atoms with van der Waals surface area (Å²) in [6.07, 6.45) is -3.82. The molecule has 1 aliphatic heterocycles. The first-order chi connectivity index (χ1) is 8.32. The molecule has 1 amide bonds. The predicted octanol–water partition coefficient (Wildman–Crippen LogP) is 0.880. The fourth-order valence-corrected chi connectivity index (χ4v) is 1.80. The Hall–Kier alpha value is -2.06. The van der Waals surface area contributed by atoms with Crippen LogP contribution in [-0.2, 0) is 11.3 Å². The van der Waals surface area contributed by atoms with Gasteiger partial charge in [-0.25, -0.2) is 9.78 Å². The number of carbonyl (C=O) groups is 2. The van der Waals surface area contributed by atoms with Crippen LogP contribution in [0.4, 0.5) is 19.1 Å². The molecule has 0 unspecified atom stereocenters. The molecule has 1 aromatic heterocycles. The van der Waals surface area contributed by atoms with E-state index in [1.54, 1.807) is 0 Å². The zero-order valence-corrected chi connectivity index (χ0v) is 8.94. The number of aromatic nitrogens is 2. The van der Waals surface area contributed by atoms with Gasteiger partial charge in [0.2, 0.25) is 5.95 Å². The fourth-order valence-electron chi connectivity index (χ4n) is 1.80. The molecule has 1 N–H and O–H groups in total. The van der Waals surface area contributed by atoms with Gasteiger partial charge in [-0.05, 0) is 6.42 Å². The van der Waals surface area contributed by atoms with E-state index in [4.69, 9.17) is 5.11 Å². The van der Waals surface area contributed by atoms with Crippen molar-refractivity contribution in [2.75, 3.05) is 11.4 Å². The first-order valence-electron chi connectivity index (χ1n) is 5.00. The molecule has 0 aliphatic carbocycles. The largest absolute Gasteiger partial charge is 0.477 e. The van der Waals surface area contributed by atoms with Gasteiger partial charge in [-0.15, -0.1) is 0 Å². The monoisotopic (exact) mass is 263 g/mol.